The normalized spacial score (nSPS) is 12.4. The quantitative estimate of drug-likeness (QED) is 0.641. The van der Waals surface area contributed by atoms with E-state index in [1.165, 1.54) is 17.4 Å². The van der Waals surface area contributed by atoms with E-state index < -0.39 is 10.0 Å². The predicted octanol–water partition coefficient (Wildman–Crippen LogP) is 3.38. The van der Waals surface area contributed by atoms with Gasteiger partial charge in [-0.3, -0.25) is 14.5 Å². The van der Waals surface area contributed by atoms with Gasteiger partial charge in [-0.25, -0.2) is 13.4 Å². The zero-order valence-corrected chi connectivity index (χ0v) is 17.3. The number of aryl methyl sites for hydroxylation is 1. The third kappa shape index (κ3) is 4.93. The van der Waals surface area contributed by atoms with E-state index in [0.29, 0.717) is 11.3 Å². The molecule has 0 aliphatic carbocycles. The standard InChI is InChI=1S/C19H20N4O3S2/c1-12-4-5-15(10-16(12)23-28(3,25)26)18(24)21-13(2)19-22-17(11-27-19)14-6-8-20-9-7-14/h4-11,13,23H,1-3H3,(H,21,24). The van der Waals surface area contributed by atoms with Crippen LogP contribution in [0.2, 0.25) is 0 Å². The molecule has 0 radical (unpaired) electrons. The topological polar surface area (TPSA) is 101 Å². The molecule has 0 spiro atoms. The van der Waals surface area contributed by atoms with Gasteiger partial charge in [-0.1, -0.05) is 6.07 Å². The van der Waals surface area contributed by atoms with Crippen molar-refractivity contribution in [2.24, 2.45) is 0 Å². The van der Waals surface area contributed by atoms with Crippen LogP contribution in [-0.2, 0) is 10.0 Å². The number of nitrogens with one attached hydrogen (secondary N) is 2. The maximum absolute atomic E-state index is 12.6. The number of benzene rings is 1. The van der Waals surface area contributed by atoms with Gasteiger partial charge in [0, 0.05) is 28.9 Å². The highest BCUT2D eigenvalue weighted by atomic mass is 32.2. The van der Waals surface area contributed by atoms with Gasteiger partial charge < -0.3 is 5.32 Å². The van der Waals surface area contributed by atoms with Crippen LogP contribution in [0.1, 0.15) is 33.9 Å². The first-order valence-electron chi connectivity index (χ1n) is 8.48. The second-order valence-electron chi connectivity index (χ2n) is 6.41. The summed E-state index contributed by atoms with van der Waals surface area (Å²) in [5.41, 5.74) is 3.29. The van der Waals surface area contributed by atoms with E-state index in [2.05, 4.69) is 20.0 Å². The summed E-state index contributed by atoms with van der Waals surface area (Å²) in [6.45, 7) is 3.63. The molecule has 1 unspecified atom stereocenters. The lowest BCUT2D eigenvalue weighted by Crippen LogP contribution is -2.26. The Balaban J connectivity index is 1.74. The molecule has 2 heterocycles. The molecule has 0 aliphatic rings. The van der Waals surface area contributed by atoms with Crippen LogP contribution in [0.3, 0.4) is 0 Å². The molecular weight excluding hydrogens is 396 g/mol. The molecule has 0 fully saturated rings. The number of rotatable bonds is 6. The van der Waals surface area contributed by atoms with Crippen LogP contribution in [0.15, 0.2) is 48.1 Å². The molecule has 1 aromatic carbocycles. The minimum absolute atomic E-state index is 0.291. The van der Waals surface area contributed by atoms with Crippen LogP contribution in [0.5, 0.6) is 0 Å². The van der Waals surface area contributed by atoms with Gasteiger partial charge in [0.15, 0.2) is 0 Å². The first-order chi connectivity index (χ1) is 13.2. The molecule has 3 rings (SSSR count). The summed E-state index contributed by atoms with van der Waals surface area (Å²) >= 11 is 1.47. The van der Waals surface area contributed by atoms with Crippen molar-refractivity contribution in [3.05, 3.63) is 64.2 Å². The lowest BCUT2D eigenvalue weighted by Gasteiger charge is -2.13. The van der Waals surface area contributed by atoms with Gasteiger partial charge in [-0.2, -0.15) is 0 Å². The van der Waals surface area contributed by atoms with Gasteiger partial charge in [0.1, 0.15) is 5.01 Å². The molecule has 0 bridgehead atoms. The van der Waals surface area contributed by atoms with Crippen molar-refractivity contribution in [1.29, 1.82) is 0 Å². The number of pyridine rings is 1. The van der Waals surface area contributed by atoms with Crippen molar-refractivity contribution in [2.45, 2.75) is 19.9 Å². The first kappa shape index (κ1) is 20.0. The van der Waals surface area contributed by atoms with Gasteiger partial charge in [0.25, 0.3) is 5.91 Å². The third-order valence-electron chi connectivity index (χ3n) is 4.01. The van der Waals surface area contributed by atoms with Crippen molar-refractivity contribution in [1.82, 2.24) is 15.3 Å². The molecule has 0 saturated heterocycles. The number of anilines is 1. The average Bonchev–Trinajstić information content (AvgIpc) is 3.13. The van der Waals surface area contributed by atoms with Gasteiger partial charge in [0.2, 0.25) is 10.0 Å². The van der Waals surface area contributed by atoms with Crippen LogP contribution in [-0.4, -0.2) is 30.5 Å². The summed E-state index contributed by atoms with van der Waals surface area (Å²) in [4.78, 5) is 21.2. The number of nitrogens with zero attached hydrogens (tertiary/aromatic N) is 2. The number of amides is 1. The fourth-order valence-electron chi connectivity index (χ4n) is 2.56. The Bertz CT molecular complexity index is 1100. The second kappa shape index (κ2) is 8.07. The molecule has 2 N–H and O–H groups in total. The average molecular weight is 417 g/mol. The molecule has 28 heavy (non-hydrogen) atoms. The van der Waals surface area contributed by atoms with Gasteiger partial charge in [0.05, 0.1) is 23.7 Å². The summed E-state index contributed by atoms with van der Waals surface area (Å²) in [5, 5.41) is 5.62. The molecule has 9 heteroatoms. The number of sulfonamides is 1. The van der Waals surface area contributed by atoms with E-state index in [-0.39, 0.29) is 11.9 Å². The number of thiazole rings is 1. The molecule has 2 aromatic heterocycles. The molecule has 0 aliphatic heterocycles. The van der Waals surface area contributed by atoms with E-state index in [4.69, 9.17) is 0 Å². The molecule has 3 aromatic rings. The predicted molar refractivity (Wildman–Crippen MR) is 111 cm³/mol. The SMILES string of the molecule is Cc1ccc(C(=O)NC(C)c2nc(-c3ccncc3)cs2)cc1NS(C)(=O)=O. The van der Waals surface area contributed by atoms with Crippen LogP contribution in [0, 0.1) is 6.92 Å². The van der Waals surface area contributed by atoms with Crippen molar-refractivity contribution in [2.75, 3.05) is 11.0 Å². The number of hydrogen-bond acceptors (Lipinski definition) is 6. The summed E-state index contributed by atoms with van der Waals surface area (Å²) in [7, 11) is -3.43. The molecule has 0 saturated carbocycles. The van der Waals surface area contributed by atoms with E-state index in [1.54, 1.807) is 31.5 Å². The Hall–Kier alpha value is -2.78. The van der Waals surface area contributed by atoms with Crippen LogP contribution >= 0.6 is 11.3 Å². The van der Waals surface area contributed by atoms with Crippen molar-refractivity contribution < 1.29 is 13.2 Å². The number of carbonyl (C=O) groups excluding carboxylic acids is 1. The highest BCUT2D eigenvalue weighted by Gasteiger charge is 2.16. The third-order valence-corrected chi connectivity index (χ3v) is 5.63. The highest BCUT2D eigenvalue weighted by Crippen LogP contribution is 2.25. The fourth-order valence-corrected chi connectivity index (χ4v) is 4.01. The Morgan fingerprint density at radius 1 is 1.18 bits per heavy atom. The fraction of sp³-hybridized carbons (Fsp3) is 0.211. The zero-order valence-electron chi connectivity index (χ0n) is 15.6. The summed E-state index contributed by atoms with van der Waals surface area (Å²) in [6, 6.07) is 8.37. The van der Waals surface area contributed by atoms with E-state index >= 15 is 0 Å². The Labute approximate surface area is 167 Å². The van der Waals surface area contributed by atoms with E-state index in [1.807, 2.05) is 24.4 Å². The van der Waals surface area contributed by atoms with Crippen molar-refractivity contribution in [3.8, 4) is 11.3 Å². The monoisotopic (exact) mass is 416 g/mol. The summed E-state index contributed by atoms with van der Waals surface area (Å²) in [5.74, 6) is -0.301. The largest absolute Gasteiger partial charge is 0.343 e. The molecule has 146 valence electrons. The second-order valence-corrected chi connectivity index (χ2v) is 9.04. The maximum Gasteiger partial charge on any atom is 0.251 e. The Kier molecular flexibility index (Phi) is 5.76. The van der Waals surface area contributed by atoms with Crippen molar-refractivity contribution in [3.63, 3.8) is 0 Å². The lowest BCUT2D eigenvalue weighted by molar-refractivity contribution is 0.0940. The minimum Gasteiger partial charge on any atom is -0.343 e. The van der Waals surface area contributed by atoms with E-state index in [0.717, 1.165) is 28.1 Å². The minimum atomic E-state index is -3.43. The lowest BCUT2D eigenvalue weighted by atomic mass is 10.1. The Morgan fingerprint density at radius 2 is 1.89 bits per heavy atom. The summed E-state index contributed by atoms with van der Waals surface area (Å²) < 4.78 is 25.4. The maximum atomic E-state index is 12.6. The van der Waals surface area contributed by atoms with Crippen molar-refractivity contribution >= 4 is 33.0 Å². The zero-order chi connectivity index (χ0) is 20.3. The van der Waals surface area contributed by atoms with Gasteiger partial charge in [-0.15, -0.1) is 11.3 Å². The molecule has 7 nitrogen and oxygen atoms in total. The van der Waals surface area contributed by atoms with Crippen LogP contribution in [0.4, 0.5) is 5.69 Å². The Morgan fingerprint density at radius 3 is 2.57 bits per heavy atom. The van der Waals surface area contributed by atoms with E-state index in [9.17, 15) is 13.2 Å². The van der Waals surface area contributed by atoms with Gasteiger partial charge >= 0.3 is 0 Å². The number of aromatic nitrogens is 2. The molecular formula is C19H20N4O3S2. The summed E-state index contributed by atoms with van der Waals surface area (Å²) in [6.07, 6.45) is 4.49. The van der Waals surface area contributed by atoms with Gasteiger partial charge in [-0.05, 0) is 43.7 Å². The molecule has 1 amide bonds. The van der Waals surface area contributed by atoms with Crippen LogP contribution < -0.4 is 10.0 Å². The number of carbonyl (C=O) groups is 1. The van der Waals surface area contributed by atoms with Crippen LogP contribution in [0.25, 0.3) is 11.3 Å². The molecule has 1 atom stereocenters. The highest BCUT2D eigenvalue weighted by molar-refractivity contribution is 7.92. The number of hydrogen-bond donors (Lipinski definition) is 2. The first-order valence-corrected chi connectivity index (χ1v) is 11.2. The smallest absolute Gasteiger partial charge is 0.251 e.